The van der Waals surface area contributed by atoms with Gasteiger partial charge in [0.15, 0.2) is 22.1 Å². The Morgan fingerprint density at radius 2 is 2.21 bits per heavy atom. The van der Waals surface area contributed by atoms with Crippen molar-refractivity contribution in [3.05, 3.63) is 33.3 Å². The van der Waals surface area contributed by atoms with Gasteiger partial charge in [-0.25, -0.2) is 0 Å². The Hall–Kier alpha value is -2.06. The fraction of sp³-hybridized carbons (Fsp3) is 0.526. The Kier molecular flexibility index (Phi) is 6.61. The molecule has 0 atom stereocenters. The number of methoxy groups -OCH3 is 1. The molecule has 152 valence electrons. The van der Waals surface area contributed by atoms with E-state index >= 15 is 0 Å². The number of nitrogens with one attached hydrogen (secondary N) is 2. The number of amides is 1. The Morgan fingerprint density at radius 3 is 2.86 bits per heavy atom. The van der Waals surface area contributed by atoms with Crippen LogP contribution in [0.25, 0.3) is 0 Å². The molecule has 3 rings (SSSR count). The molecule has 28 heavy (non-hydrogen) atoms. The topological polar surface area (TPSA) is 81.2 Å². The molecule has 0 unspecified atom stereocenters. The normalized spacial score (nSPS) is 13.6. The summed E-state index contributed by atoms with van der Waals surface area (Å²) in [6, 6.07) is 3.60. The molecule has 1 heterocycles. The van der Waals surface area contributed by atoms with Gasteiger partial charge < -0.3 is 14.8 Å². The zero-order valence-electron chi connectivity index (χ0n) is 16.3. The van der Waals surface area contributed by atoms with Gasteiger partial charge in [-0.3, -0.25) is 14.5 Å². The standard InChI is InChI=1S/C19H25ClN4O3S/c1-11(2)6-7-27-17-14(20)8-12(9-15(17)26-3)18(25)21-10-16-22-23-19(28)24(16)13-4-5-13/h8-9,11,13H,4-7,10H2,1-3H3,(H,21,25)(H,23,28). The van der Waals surface area contributed by atoms with E-state index in [2.05, 4.69) is 29.4 Å². The molecular formula is C19H25ClN4O3S. The SMILES string of the molecule is COc1cc(C(=O)NCc2n[nH]c(=S)n2C2CC2)cc(Cl)c1OCCC(C)C. The van der Waals surface area contributed by atoms with Gasteiger partial charge in [0, 0.05) is 11.6 Å². The summed E-state index contributed by atoms with van der Waals surface area (Å²) in [5, 5.41) is 10.2. The zero-order valence-corrected chi connectivity index (χ0v) is 17.8. The predicted octanol–water partition coefficient (Wildman–Crippen LogP) is 4.29. The first-order chi connectivity index (χ1) is 13.4. The number of benzene rings is 1. The Balaban J connectivity index is 1.69. The van der Waals surface area contributed by atoms with E-state index < -0.39 is 0 Å². The number of H-pyrrole nitrogens is 1. The van der Waals surface area contributed by atoms with Crippen LogP contribution < -0.4 is 14.8 Å². The first-order valence-corrected chi connectivity index (χ1v) is 10.1. The van der Waals surface area contributed by atoms with Gasteiger partial charge in [0.25, 0.3) is 5.91 Å². The Morgan fingerprint density at radius 1 is 1.46 bits per heavy atom. The summed E-state index contributed by atoms with van der Waals surface area (Å²) in [6.07, 6.45) is 3.07. The molecule has 0 saturated heterocycles. The highest BCUT2D eigenvalue weighted by molar-refractivity contribution is 7.71. The molecule has 2 aromatic rings. The number of hydrogen-bond donors (Lipinski definition) is 2. The molecule has 1 saturated carbocycles. The van der Waals surface area contributed by atoms with E-state index in [0.717, 1.165) is 19.3 Å². The number of carbonyl (C=O) groups excluding carboxylic acids is 1. The van der Waals surface area contributed by atoms with Crippen molar-refractivity contribution < 1.29 is 14.3 Å². The quantitative estimate of drug-likeness (QED) is 0.587. The third-order valence-electron chi connectivity index (χ3n) is 4.53. The van der Waals surface area contributed by atoms with Crippen LogP contribution in [0.4, 0.5) is 0 Å². The van der Waals surface area contributed by atoms with E-state index in [1.807, 2.05) is 4.57 Å². The lowest BCUT2D eigenvalue weighted by Gasteiger charge is -2.15. The highest BCUT2D eigenvalue weighted by atomic mass is 35.5. The lowest BCUT2D eigenvalue weighted by atomic mass is 10.1. The van der Waals surface area contributed by atoms with E-state index in [1.165, 1.54) is 7.11 Å². The predicted molar refractivity (Wildman–Crippen MR) is 110 cm³/mol. The summed E-state index contributed by atoms with van der Waals surface area (Å²) in [5.41, 5.74) is 0.394. The molecule has 1 aromatic carbocycles. The van der Waals surface area contributed by atoms with Gasteiger partial charge in [0.1, 0.15) is 0 Å². The van der Waals surface area contributed by atoms with Crippen LogP contribution in [-0.4, -0.2) is 34.4 Å². The van der Waals surface area contributed by atoms with Crippen LogP contribution in [0.2, 0.25) is 5.02 Å². The van der Waals surface area contributed by atoms with Crippen molar-refractivity contribution in [2.75, 3.05) is 13.7 Å². The Labute approximate surface area is 174 Å². The maximum absolute atomic E-state index is 12.6. The summed E-state index contributed by atoms with van der Waals surface area (Å²) in [6.45, 7) is 5.05. The number of aromatic amines is 1. The zero-order chi connectivity index (χ0) is 20.3. The maximum atomic E-state index is 12.6. The number of rotatable bonds is 9. The molecule has 0 bridgehead atoms. The summed E-state index contributed by atoms with van der Waals surface area (Å²) in [5.74, 6) is 1.85. The molecule has 1 aromatic heterocycles. The van der Waals surface area contributed by atoms with Gasteiger partial charge in [0.05, 0.1) is 25.3 Å². The monoisotopic (exact) mass is 424 g/mol. The van der Waals surface area contributed by atoms with Crippen LogP contribution in [-0.2, 0) is 6.54 Å². The fourth-order valence-electron chi connectivity index (χ4n) is 2.82. The smallest absolute Gasteiger partial charge is 0.251 e. The number of halogens is 1. The van der Waals surface area contributed by atoms with Crippen LogP contribution in [0.3, 0.4) is 0 Å². The van der Waals surface area contributed by atoms with E-state index in [1.54, 1.807) is 12.1 Å². The summed E-state index contributed by atoms with van der Waals surface area (Å²) in [7, 11) is 1.52. The highest BCUT2D eigenvalue weighted by Crippen LogP contribution is 2.37. The van der Waals surface area contributed by atoms with Crippen molar-refractivity contribution in [2.45, 2.75) is 45.7 Å². The highest BCUT2D eigenvalue weighted by Gasteiger charge is 2.27. The van der Waals surface area contributed by atoms with Gasteiger partial charge in [-0.15, -0.1) is 0 Å². The molecular weight excluding hydrogens is 400 g/mol. The first kappa shape index (κ1) is 20.7. The largest absolute Gasteiger partial charge is 0.493 e. The van der Waals surface area contributed by atoms with Crippen molar-refractivity contribution in [1.82, 2.24) is 20.1 Å². The second-order valence-electron chi connectivity index (χ2n) is 7.25. The van der Waals surface area contributed by atoms with Crippen LogP contribution in [0, 0.1) is 10.7 Å². The van der Waals surface area contributed by atoms with Crippen LogP contribution in [0.1, 0.15) is 55.3 Å². The summed E-state index contributed by atoms with van der Waals surface area (Å²) in [4.78, 5) is 12.6. The van der Waals surface area contributed by atoms with Crippen LogP contribution in [0.15, 0.2) is 12.1 Å². The minimum Gasteiger partial charge on any atom is -0.493 e. The number of hydrogen-bond acceptors (Lipinski definition) is 5. The third kappa shape index (κ3) is 4.86. The molecule has 1 aliphatic rings. The van der Waals surface area contributed by atoms with Gasteiger partial charge in [-0.2, -0.15) is 5.10 Å². The van der Waals surface area contributed by atoms with Crippen molar-refractivity contribution in [3.63, 3.8) is 0 Å². The third-order valence-corrected chi connectivity index (χ3v) is 5.10. The summed E-state index contributed by atoms with van der Waals surface area (Å²) >= 11 is 11.6. The molecule has 2 N–H and O–H groups in total. The second kappa shape index (κ2) is 8.96. The minimum atomic E-state index is -0.273. The molecule has 1 aliphatic carbocycles. The van der Waals surface area contributed by atoms with Crippen LogP contribution >= 0.6 is 23.8 Å². The molecule has 1 fully saturated rings. The first-order valence-electron chi connectivity index (χ1n) is 9.35. The second-order valence-corrected chi connectivity index (χ2v) is 8.04. The van der Waals surface area contributed by atoms with E-state index in [9.17, 15) is 4.79 Å². The van der Waals surface area contributed by atoms with E-state index in [-0.39, 0.29) is 12.5 Å². The average molecular weight is 425 g/mol. The number of aromatic nitrogens is 3. The lowest BCUT2D eigenvalue weighted by molar-refractivity contribution is 0.0949. The average Bonchev–Trinajstić information content (AvgIpc) is 3.42. The molecule has 0 aliphatic heterocycles. The summed E-state index contributed by atoms with van der Waals surface area (Å²) < 4.78 is 13.7. The number of carbonyl (C=O) groups is 1. The molecule has 7 nitrogen and oxygen atoms in total. The molecule has 9 heteroatoms. The van der Waals surface area contributed by atoms with E-state index in [4.69, 9.17) is 33.3 Å². The molecule has 1 amide bonds. The minimum absolute atomic E-state index is 0.273. The van der Waals surface area contributed by atoms with Crippen LogP contribution in [0.5, 0.6) is 11.5 Å². The number of nitrogens with zero attached hydrogens (tertiary/aromatic N) is 2. The van der Waals surface area contributed by atoms with Gasteiger partial charge >= 0.3 is 0 Å². The fourth-order valence-corrected chi connectivity index (χ4v) is 3.39. The lowest BCUT2D eigenvalue weighted by Crippen LogP contribution is -2.25. The van der Waals surface area contributed by atoms with Crippen molar-refractivity contribution in [3.8, 4) is 11.5 Å². The van der Waals surface area contributed by atoms with Crippen molar-refractivity contribution in [2.24, 2.45) is 5.92 Å². The maximum Gasteiger partial charge on any atom is 0.251 e. The van der Waals surface area contributed by atoms with Crippen molar-refractivity contribution in [1.29, 1.82) is 0 Å². The number of ether oxygens (including phenoxy) is 2. The van der Waals surface area contributed by atoms with Gasteiger partial charge in [-0.05, 0) is 49.5 Å². The van der Waals surface area contributed by atoms with Gasteiger partial charge in [0.2, 0.25) is 0 Å². The molecule has 0 spiro atoms. The van der Waals surface area contributed by atoms with Gasteiger partial charge in [-0.1, -0.05) is 25.4 Å². The van der Waals surface area contributed by atoms with Crippen molar-refractivity contribution >= 4 is 29.7 Å². The molecule has 0 radical (unpaired) electrons. The van der Waals surface area contributed by atoms with E-state index in [0.29, 0.717) is 51.2 Å². The Bertz CT molecular complexity index is 905.